The molecule has 0 aliphatic carbocycles. The number of aromatic nitrogens is 4. The van der Waals surface area contributed by atoms with Gasteiger partial charge < -0.3 is 0 Å². The lowest BCUT2D eigenvalue weighted by molar-refractivity contribution is 0.811. The number of nitrogens with zero attached hydrogens (tertiary/aromatic N) is 4. The molecule has 98 valence electrons. The third kappa shape index (κ3) is 1.86. The number of hydrogen-bond acceptors (Lipinski definition) is 6. The van der Waals surface area contributed by atoms with Gasteiger partial charge in [0.15, 0.2) is 5.82 Å². The van der Waals surface area contributed by atoms with E-state index in [1.807, 2.05) is 25.3 Å². The SMILES string of the molecule is Cc1nn(-c2nc(NN)nc3sccc23)c(C)c1Cl. The van der Waals surface area contributed by atoms with Crippen LogP contribution in [-0.2, 0) is 0 Å². The smallest absolute Gasteiger partial charge is 0.240 e. The molecule has 0 bridgehead atoms. The van der Waals surface area contributed by atoms with Crippen molar-refractivity contribution < 1.29 is 0 Å². The van der Waals surface area contributed by atoms with Crippen molar-refractivity contribution in [1.82, 2.24) is 19.7 Å². The highest BCUT2D eigenvalue weighted by Gasteiger charge is 2.16. The van der Waals surface area contributed by atoms with E-state index in [0.717, 1.165) is 21.6 Å². The molecule has 6 nitrogen and oxygen atoms in total. The van der Waals surface area contributed by atoms with Crippen molar-refractivity contribution in [2.45, 2.75) is 13.8 Å². The number of nitrogen functional groups attached to an aromatic ring is 1. The Morgan fingerprint density at radius 3 is 2.79 bits per heavy atom. The van der Waals surface area contributed by atoms with Crippen LogP contribution in [0.15, 0.2) is 11.4 Å². The molecule has 0 unspecified atom stereocenters. The second kappa shape index (κ2) is 4.44. The average molecular weight is 295 g/mol. The van der Waals surface area contributed by atoms with E-state index in [0.29, 0.717) is 16.8 Å². The predicted molar refractivity (Wildman–Crippen MR) is 76.8 cm³/mol. The molecule has 3 rings (SSSR count). The van der Waals surface area contributed by atoms with Crippen LogP contribution in [0, 0.1) is 13.8 Å². The maximum absolute atomic E-state index is 6.18. The van der Waals surface area contributed by atoms with Crippen LogP contribution in [0.5, 0.6) is 0 Å². The van der Waals surface area contributed by atoms with Gasteiger partial charge in [-0.15, -0.1) is 11.3 Å². The van der Waals surface area contributed by atoms with Crippen LogP contribution in [-0.4, -0.2) is 19.7 Å². The van der Waals surface area contributed by atoms with Gasteiger partial charge in [0.25, 0.3) is 0 Å². The molecule has 0 aliphatic rings. The van der Waals surface area contributed by atoms with Gasteiger partial charge in [-0.25, -0.2) is 15.5 Å². The lowest BCUT2D eigenvalue weighted by atomic mass is 10.3. The van der Waals surface area contributed by atoms with E-state index < -0.39 is 0 Å². The monoisotopic (exact) mass is 294 g/mol. The summed E-state index contributed by atoms with van der Waals surface area (Å²) in [6.45, 7) is 3.76. The molecule has 0 atom stereocenters. The molecule has 0 fully saturated rings. The molecule has 0 saturated carbocycles. The minimum Gasteiger partial charge on any atom is -0.292 e. The van der Waals surface area contributed by atoms with Crippen LogP contribution in [0.25, 0.3) is 16.0 Å². The quantitative estimate of drug-likeness (QED) is 0.560. The summed E-state index contributed by atoms with van der Waals surface area (Å²) in [4.78, 5) is 9.52. The lowest BCUT2D eigenvalue weighted by Crippen LogP contribution is -2.13. The van der Waals surface area contributed by atoms with E-state index in [4.69, 9.17) is 17.4 Å². The number of nitrogens with two attached hydrogens (primary N) is 1. The van der Waals surface area contributed by atoms with Crippen molar-refractivity contribution in [1.29, 1.82) is 0 Å². The molecule has 0 saturated heterocycles. The minimum absolute atomic E-state index is 0.355. The third-order valence-electron chi connectivity index (χ3n) is 2.84. The number of thiophene rings is 1. The molecule has 0 amide bonds. The summed E-state index contributed by atoms with van der Waals surface area (Å²) < 4.78 is 1.72. The number of aryl methyl sites for hydroxylation is 1. The van der Waals surface area contributed by atoms with Gasteiger partial charge in [-0.1, -0.05) is 11.6 Å². The summed E-state index contributed by atoms with van der Waals surface area (Å²) in [6.07, 6.45) is 0. The number of rotatable bonds is 2. The van der Waals surface area contributed by atoms with E-state index in [-0.39, 0.29) is 0 Å². The summed E-state index contributed by atoms with van der Waals surface area (Å²) in [5.74, 6) is 6.43. The molecular weight excluding hydrogens is 284 g/mol. The molecule has 0 aromatic carbocycles. The van der Waals surface area contributed by atoms with Crippen molar-refractivity contribution in [3.05, 3.63) is 27.9 Å². The Kier molecular flexibility index (Phi) is 2.89. The zero-order valence-electron chi connectivity index (χ0n) is 10.3. The fraction of sp³-hybridized carbons (Fsp3) is 0.182. The van der Waals surface area contributed by atoms with Gasteiger partial charge in [-0.3, -0.25) is 5.43 Å². The fourth-order valence-electron chi connectivity index (χ4n) is 1.90. The van der Waals surface area contributed by atoms with Crippen molar-refractivity contribution >= 4 is 39.1 Å². The molecule has 3 N–H and O–H groups in total. The molecule has 19 heavy (non-hydrogen) atoms. The molecular formula is C11H11ClN6S. The van der Waals surface area contributed by atoms with Crippen LogP contribution < -0.4 is 11.3 Å². The molecule has 3 aromatic rings. The number of fused-ring (bicyclic) bond motifs is 1. The highest BCUT2D eigenvalue weighted by molar-refractivity contribution is 7.16. The second-order valence-corrected chi connectivity index (χ2v) is 5.32. The zero-order chi connectivity index (χ0) is 13.6. The summed E-state index contributed by atoms with van der Waals surface area (Å²) in [5, 5.41) is 7.94. The van der Waals surface area contributed by atoms with Crippen LogP contribution in [0.4, 0.5) is 5.95 Å². The van der Waals surface area contributed by atoms with Crippen LogP contribution in [0.1, 0.15) is 11.4 Å². The third-order valence-corrected chi connectivity index (χ3v) is 4.19. The zero-order valence-corrected chi connectivity index (χ0v) is 11.9. The molecule has 8 heteroatoms. The summed E-state index contributed by atoms with van der Waals surface area (Å²) in [6, 6.07) is 1.96. The van der Waals surface area contributed by atoms with Gasteiger partial charge in [-0.2, -0.15) is 10.1 Å². The Hall–Kier alpha value is -1.70. The van der Waals surface area contributed by atoms with E-state index >= 15 is 0 Å². The first-order valence-corrected chi connectivity index (χ1v) is 6.81. The molecule has 3 aromatic heterocycles. The van der Waals surface area contributed by atoms with E-state index in [1.165, 1.54) is 11.3 Å². The Labute approximate surface area is 118 Å². The molecule has 0 radical (unpaired) electrons. The van der Waals surface area contributed by atoms with Gasteiger partial charge >= 0.3 is 0 Å². The Bertz CT molecular complexity index is 762. The van der Waals surface area contributed by atoms with Crippen LogP contribution in [0.2, 0.25) is 5.02 Å². The molecule has 3 heterocycles. The largest absolute Gasteiger partial charge is 0.292 e. The van der Waals surface area contributed by atoms with E-state index in [1.54, 1.807) is 4.68 Å². The number of nitrogens with one attached hydrogen (secondary N) is 1. The van der Waals surface area contributed by atoms with E-state index in [9.17, 15) is 0 Å². The van der Waals surface area contributed by atoms with Crippen molar-refractivity contribution in [3.8, 4) is 5.82 Å². The normalized spacial score (nSPS) is 11.2. The first-order valence-electron chi connectivity index (χ1n) is 5.55. The summed E-state index contributed by atoms with van der Waals surface area (Å²) in [5.41, 5.74) is 4.08. The highest BCUT2D eigenvalue weighted by Crippen LogP contribution is 2.28. The van der Waals surface area contributed by atoms with Crippen molar-refractivity contribution in [3.63, 3.8) is 0 Å². The summed E-state index contributed by atoms with van der Waals surface area (Å²) >= 11 is 7.70. The standard InChI is InChI=1S/C11H11ClN6S/c1-5-8(12)6(2)18(17-5)9-7-3-4-19-10(7)15-11(14-9)16-13/h3-4H,13H2,1-2H3,(H,14,15,16). The second-order valence-electron chi connectivity index (χ2n) is 4.05. The van der Waals surface area contributed by atoms with Gasteiger partial charge in [0.2, 0.25) is 5.95 Å². The Morgan fingerprint density at radius 2 is 2.16 bits per heavy atom. The first-order chi connectivity index (χ1) is 9.11. The average Bonchev–Trinajstić information content (AvgIpc) is 2.98. The Morgan fingerprint density at radius 1 is 1.37 bits per heavy atom. The highest BCUT2D eigenvalue weighted by atomic mass is 35.5. The fourth-order valence-corrected chi connectivity index (χ4v) is 2.77. The van der Waals surface area contributed by atoms with Crippen LogP contribution >= 0.6 is 22.9 Å². The lowest BCUT2D eigenvalue weighted by Gasteiger charge is -2.07. The Balaban J connectivity index is 2.34. The van der Waals surface area contributed by atoms with Gasteiger partial charge in [0.1, 0.15) is 4.83 Å². The maximum atomic E-state index is 6.18. The van der Waals surface area contributed by atoms with Crippen molar-refractivity contribution in [2.75, 3.05) is 5.43 Å². The topological polar surface area (TPSA) is 81.7 Å². The number of anilines is 1. The molecule has 0 spiro atoms. The number of halogens is 1. The maximum Gasteiger partial charge on any atom is 0.240 e. The van der Waals surface area contributed by atoms with Gasteiger partial charge in [-0.05, 0) is 25.3 Å². The van der Waals surface area contributed by atoms with E-state index in [2.05, 4.69) is 20.5 Å². The first kappa shape index (κ1) is 12.3. The summed E-state index contributed by atoms with van der Waals surface area (Å²) in [7, 11) is 0. The van der Waals surface area contributed by atoms with Crippen LogP contribution in [0.3, 0.4) is 0 Å². The predicted octanol–water partition coefficient (Wildman–Crippen LogP) is 2.43. The molecule has 0 aliphatic heterocycles. The van der Waals surface area contributed by atoms with Gasteiger partial charge in [0, 0.05) is 0 Å². The van der Waals surface area contributed by atoms with Crippen molar-refractivity contribution in [2.24, 2.45) is 5.84 Å². The minimum atomic E-state index is 0.355. The number of hydrogen-bond donors (Lipinski definition) is 2. The number of hydrazine groups is 1. The van der Waals surface area contributed by atoms with Gasteiger partial charge in [0.05, 0.1) is 21.8 Å².